The lowest BCUT2D eigenvalue weighted by Crippen LogP contribution is -2.48. The van der Waals surface area contributed by atoms with E-state index in [9.17, 15) is 9.50 Å². The summed E-state index contributed by atoms with van der Waals surface area (Å²) < 4.78 is 18.9. The minimum absolute atomic E-state index is 0.0526. The van der Waals surface area contributed by atoms with Crippen molar-refractivity contribution in [1.82, 2.24) is 5.32 Å². The summed E-state index contributed by atoms with van der Waals surface area (Å²) >= 11 is 0. The molecule has 1 aromatic rings. The topological polar surface area (TPSA) is 41.5 Å². The Bertz CT molecular complexity index is 411. The summed E-state index contributed by atoms with van der Waals surface area (Å²) in [7, 11) is 0. The molecule has 0 saturated carbocycles. The summed E-state index contributed by atoms with van der Waals surface area (Å²) in [5, 5.41) is 12.7. The molecular formula is C15H24FNO2. The van der Waals surface area contributed by atoms with Crippen LogP contribution in [0.15, 0.2) is 18.2 Å². The number of hydrogen-bond donors (Lipinski definition) is 2. The number of ether oxygens (including phenoxy) is 1. The zero-order valence-corrected chi connectivity index (χ0v) is 12.2. The summed E-state index contributed by atoms with van der Waals surface area (Å²) in [6.07, 6.45) is 0.606. The fourth-order valence-corrected chi connectivity index (χ4v) is 2.22. The van der Waals surface area contributed by atoms with Crippen molar-refractivity contribution in [3.8, 4) is 5.75 Å². The second-order valence-corrected chi connectivity index (χ2v) is 5.29. The van der Waals surface area contributed by atoms with Crippen molar-refractivity contribution in [3.63, 3.8) is 0 Å². The van der Waals surface area contributed by atoms with Gasteiger partial charge in [-0.05, 0) is 51.1 Å². The maximum absolute atomic E-state index is 13.2. The molecule has 1 aromatic carbocycles. The smallest absolute Gasteiger partial charge is 0.126 e. The molecule has 0 bridgehead atoms. The molecule has 0 heterocycles. The van der Waals surface area contributed by atoms with E-state index in [-0.39, 0.29) is 24.1 Å². The van der Waals surface area contributed by atoms with Crippen LogP contribution in [-0.2, 0) is 0 Å². The highest BCUT2D eigenvalue weighted by Gasteiger charge is 2.25. The van der Waals surface area contributed by atoms with Crippen molar-refractivity contribution >= 4 is 0 Å². The van der Waals surface area contributed by atoms with Gasteiger partial charge in [0.2, 0.25) is 0 Å². The monoisotopic (exact) mass is 269 g/mol. The maximum Gasteiger partial charge on any atom is 0.126 e. The molecule has 4 heteroatoms. The Morgan fingerprint density at radius 2 is 2.16 bits per heavy atom. The third-order valence-corrected chi connectivity index (χ3v) is 3.16. The summed E-state index contributed by atoms with van der Waals surface area (Å²) in [5.41, 5.74) is 0.213. The van der Waals surface area contributed by atoms with E-state index in [0.717, 1.165) is 6.54 Å². The molecule has 0 saturated heterocycles. The third kappa shape index (κ3) is 4.80. The van der Waals surface area contributed by atoms with E-state index in [4.69, 9.17) is 4.74 Å². The predicted molar refractivity (Wildman–Crippen MR) is 75.0 cm³/mol. The number of benzene rings is 1. The number of aliphatic hydroxyl groups excluding tert-OH is 1. The first-order chi connectivity index (χ1) is 8.90. The molecular weight excluding hydrogens is 245 g/mol. The molecule has 0 fully saturated rings. The van der Waals surface area contributed by atoms with Gasteiger partial charge in [0.1, 0.15) is 11.6 Å². The van der Waals surface area contributed by atoms with E-state index in [0.29, 0.717) is 17.7 Å². The Labute approximate surface area is 114 Å². The summed E-state index contributed by atoms with van der Waals surface area (Å²) in [6, 6.07) is 4.73. The lowest BCUT2D eigenvalue weighted by atomic mass is 9.95. The Morgan fingerprint density at radius 3 is 2.68 bits per heavy atom. The van der Waals surface area contributed by atoms with Gasteiger partial charge >= 0.3 is 0 Å². The number of hydrogen-bond acceptors (Lipinski definition) is 3. The summed E-state index contributed by atoms with van der Waals surface area (Å²) in [5.74, 6) is 0.427. The van der Waals surface area contributed by atoms with Crippen molar-refractivity contribution in [2.45, 2.75) is 45.8 Å². The van der Waals surface area contributed by atoms with Gasteiger partial charge in [-0.15, -0.1) is 0 Å². The standard InChI is InChI=1S/C15H24FNO2/c1-5-17-15(4,10-18)9-12(3)19-13-6-7-14(16)11(2)8-13/h6-8,12,17-18H,5,9-10H2,1-4H3. The Balaban J connectivity index is 2.63. The van der Waals surface area contributed by atoms with Gasteiger partial charge < -0.3 is 15.2 Å². The molecule has 108 valence electrons. The van der Waals surface area contributed by atoms with Gasteiger partial charge in [-0.1, -0.05) is 6.92 Å². The van der Waals surface area contributed by atoms with E-state index in [2.05, 4.69) is 5.32 Å². The Kier molecular flexibility index (Phi) is 5.76. The number of rotatable bonds is 7. The van der Waals surface area contributed by atoms with Crippen LogP contribution >= 0.6 is 0 Å². The molecule has 1 rings (SSSR count). The van der Waals surface area contributed by atoms with E-state index < -0.39 is 0 Å². The van der Waals surface area contributed by atoms with E-state index in [1.165, 1.54) is 6.07 Å². The number of nitrogens with one attached hydrogen (secondary N) is 1. The second kappa shape index (κ2) is 6.87. The van der Waals surface area contributed by atoms with Crippen LogP contribution in [-0.4, -0.2) is 29.9 Å². The molecule has 3 nitrogen and oxygen atoms in total. The van der Waals surface area contributed by atoms with Crippen molar-refractivity contribution < 1.29 is 14.2 Å². The van der Waals surface area contributed by atoms with Crippen LogP contribution in [0.3, 0.4) is 0 Å². The number of aryl methyl sites for hydroxylation is 1. The van der Waals surface area contributed by atoms with Crippen LogP contribution in [0.4, 0.5) is 4.39 Å². The SMILES string of the molecule is CCNC(C)(CO)CC(C)Oc1ccc(F)c(C)c1. The molecule has 0 aliphatic heterocycles. The zero-order valence-electron chi connectivity index (χ0n) is 12.2. The highest BCUT2D eigenvalue weighted by atomic mass is 19.1. The Morgan fingerprint density at radius 1 is 1.47 bits per heavy atom. The molecule has 0 aliphatic rings. The lowest BCUT2D eigenvalue weighted by molar-refractivity contribution is 0.111. The van der Waals surface area contributed by atoms with Gasteiger partial charge in [-0.3, -0.25) is 0 Å². The van der Waals surface area contributed by atoms with Gasteiger partial charge in [0.25, 0.3) is 0 Å². The maximum atomic E-state index is 13.2. The second-order valence-electron chi connectivity index (χ2n) is 5.29. The quantitative estimate of drug-likeness (QED) is 0.799. The van der Waals surface area contributed by atoms with Gasteiger partial charge in [0.05, 0.1) is 12.7 Å². The highest BCUT2D eigenvalue weighted by Crippen LogP contribution is 2.20. The fourth-order valence-electron chi connectivity index (χ4n) is 2.22. The van der Waals surface area contributed by atoms with Crippen LogP contribution < -0.4 is 10.1 Å². The molecule has 0 aliphatic carbocycles. The highest BCUT2D eigenvalue weighted by molar-refractivity contribution is 5.29. The molecule has 2 atom stereocenters. The number of halogens is 1. The summed E-state index contributed by atoms with van der Waals surface area (Å²) in [6.45, 7) is 8.47. The first-order valence-electron chi connectivity index (χ1n) is 6.69. The third-order valence-electron chi connectivity index (χ3n) is 3.16. The van der Waals surface area contributed by atoms with Gasteiger partial charge in [0, 0.05) is 12.0 Å². The molecule has 2 N–H and O–H groups in total. The minimum atomic E-state index is -0.358. The van der Waals surface area contributed by atoms with Crippen molar-refractivity contribution in [2.75, 3.05) is 13.2 Å². The van der Waals surface area contributed by atoms with Crippen molar-refractivity contribution in [2.24, 2.45) is 0 Å². The first-order valence-corrected chi connectivity index (χ1v) is 6.69. The Hall–Kier alpha value is -1.13. The average Bonchev–Trinajstić information content (AvgIpc) is 2.34. The van der Waals surface area contributed by atoms with E-state index in [1.54, 1.807) is 19.1 Å². The lowest BCUT2D eigenvalue weighted by Gasteiger charge is -2.31. The van der Waals surface area contributed by atoms with Crippen molar-refractivity contribution in [3.05, 3.63) is 29.6 Å². The molecule has 0 amide bonds. The normalized spacial score (nSPS) is 15.9. The van der Waals surface area contributed by atoms with Crippen LogP contribution in [0.2, 0.25) is 0 Å². The fraction of sp³-hybridized carbons (Fsp3) is 0.600. The van der Waals surface area contributed by atoms with Gasteiger partial charge in [0.15, 0.2) is 0 Å². The molecule has 0 radical (unpaired) electrons. The number of likely N-dealkylation sites (N-methyl/N-ethyl adjacent to an activating group) is 1. The average molecular weight is 269 g/mol. The zero-order chi connectivity index (χ0) is 14.5. The molecule has 19 heavy (non-hydrogen) atoms. The van der Waals surface area contributed by atoms with Crippen molar-refractivity contribution in [1.29, 1.82) is 0 Å². The van der Waals surface area contributed by atoms with Gasteiger partial charge in [-0.25, -0.2) is 4.39 Å². The number of aliphatic hydroxyl groups is 1. The largest absolute Gasteiger partial charge is 0.491 e. The minimum Gasteiger partial charge on any atom is -0.491 e. The van der Waals surface area contributed by atoms with Gasteiger partial charge in [-0.2, -0.15) is 0 Å². The molecule has 0 spiro atoms. The molecule has 0 aromatic heterocycles. The van der Waals surface area contributed by atoms with Crippen LogP contribution in [0.5, 0.6) is 5.75 Å². The van der Waals surface area contributed by atoms with Crippen LogP contribution in [0, 0.1) is 12.7 Å². The van der Waals surface area contributed by atoms with Crippen LogP contribution in [0.1, 0.15) is 32.8 Å². The molecule has 2 unspecified atom stereocenters. The summed E-state index contributed by atoms with van der Waals surface area (Å²) in [4.78, 5) is 0. The predicted octanol–water partition coefficient (Wildman–Crippen LogP) is 2.65. The van der Waals surface area contributed by atoms with E-state index >= 15 is 0 Å². The van der Waals surface area contributed by atoms with Crippen LogP contribution in [0.25, 0.3) is 0 Å². The first kappa shape index (κ1) is 15.9. The van der Waals surface area contributed by atoms with E-state index in [1.807, 2.05) is 20.8 Å².